The molecule has 2 aromatic heterocycles. The van der Waals surface area contributed by atoms with Gasteiger partial charge in [0.1, 0.15) is 6.54 Å². The highest BCUT2D eigenvalue weighted by Crippen LogP contribution is 2.22. The average Bonchev–Trinajstić information content (AvgIpc) is 2.61. The first kappa shape index (κ1) is 21.3. The second-order valence-corrected chi connectivity index (χ2v) is 7.28. The first-order valence-corrected chi connectivity index (χ1v) is 9.28. The number of amides is 1. The molecule has 2 N–H and O–H groups in total. The molecule has 2 rings (SSSR count). The Morgan fingerprint density at radius 2 is 1.89 bits per heavy atom. The van der Waals surface area contributed by atoms with Crippen LogP contribution in [0.15, 0.2) is 15.7 Å². The van der Waals surface area contributed by atoms with Gasteiger partial charge in [-0.25, -0.2) is 9.78 Å². The molecule has 0 spiro atoms. The lowest BCUT2D eigenvalue weighted by atomic mass is 10.0. The Kier molecular flexibility index (Phi) is 6.37. The van der Waals surface area contributed by atoms with E-state index in [2.05, 4.69) is 9.97 Å². The van der Waals surface area contributed by atoms with Crippen LogP contribution in [0.1, 0.15) is 63.0 Å². The van der Waals surface area contributed by atoms with Gasteiger partial charge in [0.25, 0.3) is 11.5 Å². The fourth-order valence-electron chi connectivity index (χ4n) is 2.98. The van der Waals surface area contributed by atoms with E-state index >= 15 is 0 Å². The van der Waals surface area contributed by atoms with Crippen LogP contribution in [-0.4, -0.2) is 49.0 Å². The maximum absolute atomic E-state index is 13.2. The van der Waals surface area contributed by atoms with Gasteiger partial charge >= 0.3 is 11.7 Å². The Morgan fingerprint density at radius 3 is 2.39 bits per heavy atom. The van der Waals surface area contributed by atoms with Crippen LogP contribution in [0.5, 0.6) is 0 Å². The van der Waals surface area contributed by atoms with E-state index in [9.17, 15) is 24.3 Å². The molecule has 0 radical (unpaired) electrons. The predicted octanol–water partition coefficient (Wildman–Crippen LogP) is 1.55. The molecule has 0 bridgehead atoms. The van der Waals surface area contributed by atoms with Gasteiger partial charge in [0, 0.05) is 18.3 Å². The molecular formula is C19H26N4O5. The zero-order valence-corrected chi connectivity index (χ0v) is 16.8. The van der Waals surface area contributed by atoms with E-state index < -0.39 is 35.7 Å². The van der Waals surface area contributed by atoms with Crippen LogP contribution in [0.3, 0.4) is 0 Å². The highest BCUT2D eigenvalue weighted by Gasteiger charge is 2.26. The largest absolute Gasteiger partial charge is 0.480 e. The second-order valence-electron chi connectivity index (χ2n) is 7.28. The summed E-state index contributed by atoms with van der Waals surface area (Å²) in [5.41, 5.74) is -0.557. The van der Waals surface area contributed by atoms with Gasteiger partial charge in [0.15, 0.2) is 5.65 Å². The Balaban J connectivity index is 2.89. The molecule has 0 saturated carbocycles. The molecule has 0 fully saturated rings. The maximum atomic E-state index is 13.2. The molecule has 28 heavy (non-hydrogen) atoms. The fraction of sp³-hybridized carbons (Fsp3) is 0.526. The van der Waals surface area contributed by atoms with Gasteiger partial charge in [-0.3, -0.25) is 23.9 Å². The topological polar surface area (TPSA) is 125 Å². The molecule has 9 nitrogen and oxygen atoms in total. The number of nitrogens with zero attached hydrogens (tertiary/aromatic N) is 3. The molecule has 9 heteroatoms. The number of hydrogen-bond acceptors (Lipinski definition) is 5. The predicted molar refractivity (Wildman–Crippen MR) is 105 cm³/mol. The molecule has 0 saturated heterocycles. The minimum atomic E-state index is -1.15. The number of aryl methyl sites for hydroxylation is 1. The van der Waals surface area contributed by atoms with Crippen LogP contribution in [-0.2, 0) is 11.3 Å². The van der Waals surface area contributed by atoms with Crippen LogP contribution in [0.4, 0.5) is 0 Å². The Morgan fingerprint density at radius 1 is 1.25 bits per heavy atom. The van der Waals surface area contributed by atoms with E-state index in [1.54, 1.807) is 13.8 Å². The molecule has 0 atom stereocenters. The lowest BCUT2D eigenvalue weighted by Gasteiger charge is -2.26. The van der Waals surface area contributed by atoms with Crippen molar-refractivity contribution in [3.05, 3.63) is 38.2 Å². The third kappa shape index (κ3) is 4.13. The van der Waals surface area contributed by atoms with E-state index in [4.69, 9.17) is 0 Å². The van der Waals surface area contributed by atoms with E-state index in [0.29, 0.717) is 18.7 Å². The Labute approximate surface area is 162 Å². The van der Waals surface area contributed by atoms with Crippen molar-refractivity contribution in [1.29, 1.82) is 0 Å². The number of H-pyrrole nitrogens is 1. The van der Waals surface area contributed by atoms with Gasteiger partial charge in [-0.2, -0.15) is 0 Å². The number of hydrogen-bond donors (Lipinski definition) is 2. The average molecular weight is 390 g/mol. The van der Waals surface area contributed by atoms with Crippen molar-refractivity contribution in [3.63, 3.8) is 0 Å². The van der Waals surface area contributed by atoms with Crippen molar-refractivity contribution in [2.24, 2.45) is 0 Å². The summed E-state index contributed by atoms with van der Waals surface area (Å²) in [6.45, 7) is 8.89. The molecule has 1 amide bonds. The number of aliphatic carboxylic acids is 1. The molecule has 2 aromatic rings. The third-order valence-electron chi connectivity index (χ3n) is 4.43. The van der Waals surface area contributed by atoms with Crippen molar-refractivity contribution in [2.45, 2.75) is 59.5 Å². The molecule has 0 aliphatic rings. The summed E-state index contributed by atoms with van der Waals surface area (Å²) < 4.78 is 1.34. The Hall–Kier alpha value is -2.97. The van der Waals surface area contributed by atoms with Gasteiger partial charge in [-0.1, -0.05) is 20.8 Å². The summed E-state index contributed by atoms with van der Waals surface area (Å²) in [6.07, 6.45) is 0.634. The molecular weight excluding hydrogens is 364 g/mol. The van der Waals surface area contributed by atoms with Gasteiger partial charge in [0.05, 0.1) is 10.9 Å². The zero-order chi connectivity index (χ0) is 21.2. The summed E-state index contributed by atoms with van der Waals surface area (Å²) in [4.78, 5) is 57.2. The van der Waals surface area contributed by atoms with Crippen molar-refractivity contribution in [3.8, 4) is 0 Å². The summed E-state index contributed by atoms with van der Waals surface area (Å²) >= 11 is 0. The number of carbonyl (C=O) groups is 2. The summed E-state index contributed by atoms with van der Waals surface area (Å²) in [5, 5.41) is 9.17. The summed E-state index contributed by atoms with van der Waals surface area (Å²) in [6, 6.07) is 1.12. The first-order valence-electron chi connectivity index (χ1n) is 9.28. The summed E-state index contributed by atoms with van der Waals surface area (Å²) in [7, 11) is 0. The van der Waals surface area contributed by atoms with Crippen LogP contribution >= 0.6 is 0 Å². The first-order chi connectivity index (χ1) is 13.1. The van der Waals surface area contributed by atoms with Gasteiger partial charge in [-0.15, -0.1) is 0 Å². The van der Waals surface area contributed by atoms with Crippen LogP contribution in [0, 0.1) is 0 Å². The fourth-order valence-corrected chi connectivity index (χ4v) is 2.98. The number of rotatable bonds is 7. The molecule has 2 heterocycles. The number of carbonyl (C=O) groups excluding carboxylic acids is 1. The van der Waals surface area contributed by atoms with Crippen LogP contribution in [0.2, 0.25) is 0 Å². The molecule has 0 aromatic carbocycles. The van der Waals surface area contributed by atoms with Crippen molar-refractivity contribution in [1.82, 2.24) is 19.4 Å². The van der Waals surface area contributed by atoms with Crippen LogP contribution < -0.4 is 11.2 Å². The second kappa shape index (κ2) is 8.37. The van der Waals surface area contributed by atoms with Gasteiger partial charge < -0.3 is 10.0 Å². The number of nitrogens with one attached hydrogen (secondary N) is 1. The SMILES string of the molecule is CCCn1c(=O)[nH]c(=O)c2c(C(=O)N(CC(=O)O)C(C)C)cc(C(C)C)nc21. The molecule has 0 aliphatic heterocycles. The van der Waals surface area contributed by atoms with E-state index in [1.165, 1.54) is 15.5 Å². The van der Waals surface area contributed by atoms with Gasteiger partial charge in [-0.05, 0) is 32.3 Å². The van der Waals surface area contributed by atoms with E-state index in [0.717, 1.165) is 0 Å². The number of pyridine rings is 1. The summed E-state index contributed by atoms with van der Waals surface area (Å²) in [5.74, 6) is -1.80. The third-order valence-corrected chi connectivity index (χ3v) is 4.43. The standard InChI is InChI=1S/C19H26N4O5/c1-6-7-22-16-15(17(26)21-19(22)28)12(8-13(20-16)10(2)3)18(27)23(11(4)5)9-14(24)25/h8,10-11H,6-7,9H2,1-5H3,(H,24,25)(H,21,26,28). The van der Waals surface area contributed by atoms with Crippen molar-refractivity contribution in [2.75, 3.05) is 6.54 Å². The smallest absolute Gasteiger partial charge is 0.329 e. The van der Waals surface area contributed by atoms with Crippen LogP contribution in [0.25, 0.3) is 11.0 Å². The lowest BCUT2D eigenvalue weighted by Crippen LogP contribution is -2.41. The number of carboxylic acid groups (broad SMARTS) is 1. The Bertz CT molecular complexity index is 1020. The molecule has 0 unspecified atom stereocenters. The highest BCUT2D eigenvalue weighted by atomic mass is 16.4. The van der Waals surface area contributed by atoms with E-state index in [-0.39, 0.29) is 22.5 Å². The quantitative estimate of drug-likeness (QED) is 0.739. The normalized spacial score (nSPS) is 11.4. The zero-order valence-electron chi connectivity index (χ0n) is 16.8. The maximum Gasteiger partial charge on any atom is 0.329 e. The minimum Gasteiger partial charge on any atom is -0.480 e. The highest BCUT2D eigenvalue weighted by molar-refractivity contribution is 6.06. The number of aromatic amines is 1. The van der Waals surface area contributed by atoms with Gasteiger partial charge in [0.2, 0.25) is 0 Å². The van der Waals surface area contributed by atoms with E-state index in [1.807, 2.05) is 20.8 Å². The number of carboxylic acids is 1. The lowest BCUT2D eigenvalue weighted by molar-refractivity contribution is -0.138. The van der Waals surface area contributed by atoms with Crippen molar-refractivity contribution < 1.29 is 14.7 Å². The number of fused-ring (bicyclic) bond motifs is 1. The molecule has 152 valence electrons. The number of aromatic nitrogens is 3. The van der Waals surface area contributed by atoms with Crippen molar-refractivity contribution >= 4 is 22.9 Å². The molecule has 0 aliphatic carbocycles. The monoisotopic (exact) mass is 390 g/mol. The minimum absolute atomic E-state index is 0.00140.